The molecule has 1 aromatic rings. The molecule has 0 N–H and O–H groups in total. The molecule has 0 heterocycles. The van der Waals surface area contributed by atoms with Gasteiger partial charge in [0, 0.05) is 6.08 Å². The average Bonchev–Trinajstić information content (AvgIpc) is 2.39. The zero-order valence-corrected chi connectivity index (χ0v) is 11.7. The van der Waals surface area contributed by atoms with E-state index >= 15 is 0 Å². The number of nitrogens with zero attached hydrogens (tertiary/aromatic N) is 1. The molecule has 2 atom stereocenters. The Kier molecular flexibility index (Phi) is 4.13. The van der Waals surface area contributed by atoms with Crippen molar-refractivity contribution in [2.24, 2.45) is 0 Å². The molecule has 0 bridgehead atoms. The lowest BCUT2D eigenvalue weighted by Crippen LogP contribution is -2.47. The molecular weight excluding hydrogens is 345 g/mol. The number of hydrogen-bond donors (Lipinski definition) is 0. The highest BCUT2D eigenvalue weighted by Gasteiger charge is 2.48. The molecule has 0 saturated carbocycles. The van der Waals surface area contributed by atoms with Crippen LogP contribution in [0.2, 0.25) is 0 Å². The minimum absolute atomic E-state index is 0.222. The molecule has 1 aromatic carbocycles. The van der Waals surface area contributed by atoms with Gasteiger partial charge >= 0.3 is 5.72 Å². The second kappa shape index (κ2) is 5.62. The highest BCUT2D eigenvalue weighted by atomic mass is 127. The quantitative estimate of drug-likeness (QED) is 0.274. The van der Waals surface area contributed by atoms with Crippen LogP contribution in [-0.2, 0) is 11.3 Å². The SMILES string of the molecule is O=[N+]([O-])C1(OCc2ccccc2)C=CC=CC1I. The normalized spacial score (nSPS) is 26.2. The van der Waals surface area contributed by atoms with Gasteiger partial charge in [0.1, 0.15) is 3.92 Å². The van der Waals surface area contributed by atoms with Gasteiger partial charge in [-0.1, -0.05) is 71.2 Å². The summed E-state index contributed by atoms with van der Waals surface area (Å²) < 4.78 is 5.27. The smallest absolute Gasteiger partial charge is 0.306 e. The van der Waals surface area contributed by atoms with Crippen LogP contribution in [0.5, 0.6) is 0 Å². The number of rotatable bonds is 4. The van der Waals surface area contributed by atoms with E-state index in [0.717, 1.165) is 5.56 Å². The Labute approximate surface area is 119 Å². The summed E-state index contributed by atoms with van der Waals surface area (Å²) in [6, 6.07) is 9.44. The Balaban J connectivity index is 2.15. The zero-order valence-electron chi connectivity index (χ0n) is 9.53. The third-order valence-electron chi connectivity index (χ3n) is 2.72. The van der Waals surface area contributed by atoms with E-state index in [1.807, 2.05) is 52.9 Å². The number of ether oxygens (including phenoxy) is 1. The molecular formula is C13H12INO3. The Hall–Kier alpha value is -1.21. The fourth-order valence-electron chi connectivity index (χ4n) is 1.70. The largest absolute Gasteiger partial charge is 0.360 e. The number of allylic oxidation sites excluding steroid dienone is 2. The van der Waals surface area contributed by atoms with Gasteiger partial charge in [0.2, 0.25) is 0 Å². The fraction of sp³-hybridized carbons (Fsp3) is 0.231. The maximum atomic E-state index is 11.3. The summed E-state index contributed by atoms with van der Waals surface area (Å²) in [5, 5.41) is 11.3. The lowest BCUT2D eigenvalue weighted by Gasteiger charge is -2.26. The molecule has 94 valence electrons. The van der Waals surface area contributed by atoms with Gasteiger partial charge in [-0.05, 0) is 5.56 Å². The van der Waals surface area contributed by atoms with Crippen LogP contribution in [0.25, 0.3) is 0 Å². The van der Waals surface area contributed by atoms with Crippen LogP contribution >= 0.6 is 22.6 Å². The number of halogens is 1. The number of alkyl halides is 1. The van der Waals surface area contributed by atoms with Crippen molar-refractivity contribution in [3.8, 4) is 0 Å². The monoisotopic (exact) mass is 357 g/mol. The predicted molar refractivity (Wildman–Crippen MR) is 77.0 cm³/mol. The lowest BCUT2D eigenvalue weighted by molar-refractivity contribution is -0.611. The maximum absolute atomic E-state index is 11.3. The Morgan fingerprint density at radius 2 is 2.06 bits per heavy atom. The van der Waals surface area contributed by atoms with Gasteiger partial charge in [-0.15, -0.1) is 0 Å². The Bertz CT molecular complexity index is 486. The molecule has 1 aliphatic rings. The van der Waals surface area contributed by atoms with Crippen molar-refractivity contribution >= 4 is 22.6 Å². The van der Waals surface area contributed by atoms with Crippen LogP contribution in [0.15, 0.2) is 54.6 Å². The van der Waals surface area contributed by atoms with E-state index in [1.54, 1.807) is 18.2 Å². The minimum Gasteiger partial charge on any atom is -0.306 e. The van der Waals surface area contributed by atoms with Gasteiger partial charge < -0.3 is 4.74 Å². The van der Waals surface area contributed by atoms with E-state index in [9.17, 15) is 10.1 Å². The van der Waals surface area contributed by atoms with Crippen LogP contribution in [0.4, 0.5) is 0 Å². The topological polar surface area (TPSA) is 52.4 Å². The number of benzene rings is 1. The molecule has 2 unspecified atom stereocenters. The molecule has 0 spiro atoms. The predicted octanol–water partition coefficient (Wildman–Crippen LogP) is 3.11. The van der Waals surface area contributed by atoms with Gasteiger partial charge in [0.15, 0.2) is 0 Å². The molecule has 0 saturated heterocycles. The summed E-state index contributed by atoms with van der Waals surface area (Å²) in [6.07, 6.45) is 6.73. The molecule has 0 amide bonds. The van der Waals surface area contributed by atoms with Gasteiger partial charge in [-0.3, -0.25) is 10.1 Å². The van der Waals surface area contributed by atoms with Crippen molar-refractivity contribution in [2.45, 2.75) is 16.3 Å². The molecule has 0 aromatic heterocycles. The van der Waals surface area contributed by atoms with Crippen LogP contribution in [-0.4, -0.2) is 14.6 Å². The van der Waals surface area contributed by atoms with Crippen LogP contribution in [0.3, 0.4) is 0 Å². The molecule has 18 heavy (non-hydrogen) atoms. The number of nitro groups is 1. The van der Waals surface area contributed by atoms with Gasteiger partial charge in [0.05, 0.1) is 11.5 Å². The van der Waals surface area contributed by atoms with E-state index < -0.39 is 5.72 Å². The highest BCUT2D eigenvalue weighted by Crippen LogP contribution is 2.30. The second-order valence-electron chi connectivity index (χ2n) is 3.93. The first kappa shape index (κ1) is 13.2. The summed E-state index contributed by atoms with van der Waals surface area (Å²) in [5.41, 5.74) is -0.546. The van der Waals surface area contributed by atoms with Crippen molar-refractivity contribution < 1.29 is 9.66 Å². The van der Waals surface area contributed by atoms with Gasteiger partial charge in [-0.25, -0.2) is 0 Å². The van der Waals surface area contributed by atoms with E-state index in [2.05, 4.69) is 0 Å². The van der Waals surface area contributed by atoms with Crippen molar-refractivity contribution in [3.05, 3.63) is 70.3 Å². The maximum Gasteiger partial charge on any atom is 0.360 e. The molecule has 0 radical (unpaired) electrons. The van der Waals surface area contributed by atoms with Crippen molar-refractivity contribution in [1.29, 1.82) is 0 Å². The summed E-state index contributed by atoms with van der Waals surface area (Å²) in [7, 11) is 0. The standard InChI is InChI=1S/C13H12INO3/c14-12-8-4-5-9-13(12,15(16)17)18-10-11-6-2-1-3-7-11/h1-9,12H,10H2. The van der Waals surface area contributed by atoms with Crippen molar-refractivity contribution in [3.63, 3.8) is 0 Å². The van der Waals surface area contributed by atoms with E-state index in [-0.39, 0.29) is 15.5 Å². The summed E-state index contributed by atoms with van der Waals surface area (Å²) in [6.45, 7) is 0.222. The molecule has 5 heteroatoms. The Morgan fingerprint density at radius 3 is 2.67 bits per heavy atom. The fourth-order valence-corrected chi connectivity index (χ4v) is 2.55. The average molecular weight is 357 g/mol. The second-order valence-corrected chi connectivity index (χ2v) is 5.27. The summed E-state index contributed by atoms with van der Waals surface area (Å²) >= 11 is 2.02. The molecule has 0 fully saturated rings. The van der Waals surface area contributed by atoms with Crippen molar-refractivity contribution in [1.82, 2.24) is 0 Å². The zero-order chi connectivity index (χ0) is 13.0. The van der Waals surface area contributed by atoms with Crippen LogP contribution in [0.1, 0.15) is 5.56 Å². The van der Waals surface area contributed by atoms with Crippen LogP contribution < -0.4 is 0 Å². The van der Waals surface area contributed by atoms with Crippen molar-refractivity contribution in [2.75, 3.05) is 0 Å². The molecule has 1 aliphatic carbocycles. The lowest BCUT2D eigenvalue weighted by atomic mass is 10.1. The first-order valence-electron chi connectivity index (χ1n) is 5.47. The third kappa shape index (κ3) is 2.62. The third-order valence-corrected chi connectivity index (χ3v) is 4.03. The number of hydrogen-bond acceptors (Lipinski definition) is 3. The van der Waals surface area contributed by atoms with E-state index in [1.165, 1.54) is 6.08 Å². The first-order valence-corrected chi connectivity index (χ1v) is 6.72. The molecule has 0 aliphatic heterocycles. The first-order chi connectivity index (χ1) is 8.65. The van der Waals surface area contributed by atoms with Crippen LogP contribution in [0, 0.1) is 10.1 Å². The van der Waals surface area contributed by atoms with Gasteiger partial charge in [0.25, 0.3) is 0 Å². The molecule has 4 nitrogen and oxygen atoms in total. The van der Waals surface area contributed by atoms with Gasteiger partial charge in [-0.2, -0.15) is 0 Å². The van der Waals surface area contributed by atoms with E-state index in [0.29, 0.717) is 0 Å². The summed E-state index contributed by atoms with van der Waals surface area (Å²) in [5.74, 6) is 0. The highest BCUT2D eigenvalue weighted by molar-refractivity contribution is 14.1. The molecule has 2 rings (SSSR count). The van der Waals surface area contributed by atoms with E-state index in [4.69, 9.17) is 4.74 Å². The Morgan fingerprint density at radius 1 is 1.33 bits per heavy atom. The minimum atomic E-state index is -1.47. The summed E-state index contributed by atoms with van der Waals surface area (Å²) in [4.78, 5) is 10.9.